The van der Waals surface area contributed by atoms with Crippen LogP contribution in [0.4, 0.5) is 17.6 Å². The number of nitrogens with two attached hydrogens (primary N) is 1. The van der Waals surface area contributed by atoms with Crippen LogP contribution in [0.15, 0.2) is 36.4 Å². The summed E-state index contributed by atoms with van der Waals surface area (Å²) in [6.45, 7) is 0. The lowest BCUT2D eigenvalue weighted by Gasteiger charge is -2.17. The van der Waals surface area contributed by atoms with Gasteiger partial charge in [0.05, 0.1) is 6.04 Å². The molecule has 20 heavy (non-hydrogen) atoms. The first kappa shape index (κ1) is 14.5. The molecule has 0 spiro atoms. The normalized spacial score (nSPS) is 12.4. The summed E-state index contributed by atoms with van der Waals surface area (Å²) in [5.41, 5.74) is 2.78. The van der Waals surface area contributed by atoms with Gasteiger partial charge in [-0.2, -0.15) is 0 Å². The van der Waals surface area contributed by atoms with Gasteiger partial charge in [0.25, 0.3) is 0 Å². The molecule has 0 saturated heterocycles. The summed E-state index contributed by atoms with van der Waals surface area (Å²) >= 11 is 0. The van der Waals surface area contributed by atoms with E-state index in [2.05, 4.69) is 5.43 Å². The highest BCUT2D eigenvalue weighted by Gasteiger charge is 2.18. The second-order valence-corrected chi connectivity index (χ2v) is 4.31. The van der Waals surface area contributed by atoms with E-state index in [0.29, 0.717) is 5.56 Å². The minimum Gasteiger partial charge on any atom is -0.271 e. The minimum absolute atomic E-state index is 0.0771. The van der Waals surface area contributed by atoms with E-state index >= 15 is 0 Å². The highest BCUT2D eigenvalue weighted by molar-refractivity contribution is 5.26. The summed E-state index contributed by atoms with van der Waals surface area (Å²) in [4.78, 5) is 0. The number of rotatable bonds is 4. The van der Waals surface area contributed by atoms with Crippen LogP contribution in [0.2, 0.25) is 0 Å². The lowest BCUT2D eigenvalue weighted by molar-refractivity contribution is 0.439. The van der Waals surface area contributed by atoms with Gasteiger partial charge in [-0.25, -0.2) is 17.6 Å². The summed E-state index contributed by atoms with van der Waals surface area (Å²) in [7, 11) is 0. The van der Waals surface area contributed by atoms with Crippen LogP contribution < -0.4 is 11.3 Å². The second-order valence-electron chi connectivity index (χ2n) is 4.31. The Kier molecular flexibility index (Phi) is 4.36. The highest BCUT2D eigenvalue weighted by atomic mass is 19.2. The molecule has 2 aromatic rings. The fourth-order valence-corrected chi connectivity index (χ4v) is 1.93. The number of nitrogens with one attached hydrogen (secondary N) is 1. The van der Waals surface area contributed by atoms with Crippen molar-refractivity contribution in [3.05, 3.63) is 70.8 Å². The quantitative estimate of drug-likeness (QED) is 0.392. The number of hydrazine groups is 1. The molecule has 0 aliphatic carbocycles. The van der Waals surface area contributed by atoms with Gasteiger partial charge in [-0.15, -0.1) is 0 Å². The maximum absolute atomic E-state index is 13.5. The van der Waals surface area contributed by atoms with E-state index in [1.807, 2.05) is 0 Å². The smallest absolute Gasteiger partial charge is 0.194 e. The first-order valence-electron chi connectivity index (χ1n) is 5.87. The van der Waals surface area contributed by atoms with Gasteiger partial charge >= 0.3 is 0 Å². The Morgan fingerprint density at radius 2 is 1.55 bits per heavy atom. The molecular weight excluding hydrogens is 272 g/mol. The topological polar surface area (TPSA) is 38.0 Å². The molecule has 0 saturated carbocycles. The van der Waals surface area contributed by atoms with Crippen molar-refractivity contribution in [2.45, 2.75) is 12.5 Å². The van der Waals surface area contributed by atoms with Crippen LogP contribution in [0.25, 0.3) is 0 Å². The summed E-state index contributed by atoms with van der Waals surface area (Å²) in [6, 6.07) is 6.91. The summed E-state index contributed by atoms with van der Waals surface area (Å²) in [5, 5.41) is 0. The predicted octanol–water partition coefficient (Wildman–Crippen LogP) is 2.99. The first-order chi connectivity index (χ1) is 9.52. The van der Waals surface area contributed by atoms with Gasteiger partial charge < -0.3 is 0 Å². The molecule has 106 valence electrons. The standard InChI is InChI=1S/C14H12F4N2/c15-10-4-2-1-3-8(10)7-13(20-19)9-5-11(16)14(18)12(17)6-9/h1-6,13,20H,7,19H2. The zero-order chi connectivity index (χ0) is 14.7. The summed E-state index contributed by atoms with van der Waals surface area (Å²) < 4.78 is 52.8. The third-order valence-electron chi connectivity index (χ3n) is 2.99. The van der Waals surface area contributed by atoms with Gasteiger partial charge in [0.15, 0.2) is 17.5 Å². The molecule has 0 aliphatic heterocycles. The van der Waals surface area contributed by atoms with Crippen molar-refractivity contribution in [3.63, 3.8) is 0 Å². The van der Waals surface area contributed by atoms with Crippen molar-refractivity contribution < 1.29 is 17.6 Å². The van der Waals surface area contributed by atoms with Crippen molar-refractivity contribution in [3.8, 4) is 0 Å². The molecule has 2 nitrogen and oxygen atoms in total. The van der Waals surface area contributed by atoms with E-state index in [-0.39, 0.29) is 12.0 Å². The average molecular weight is 284 g/mol. The minimum atomic E-state index is -1.55. The first-order valence-corrected chi connectivity index (χ1v) is 5.87. The van der Waals surface area contributed by atoms with Crippen LogP contribution in [0.1, 0.15) is 17.2 Å². The summed E-state index contributed by atoms with van der Waals surface area (Å²) in [6.07, 6.45) is 0.0771. The van der Waals surface area contributed by atoms with Gasteiger partial charge in [0, 0.05) is 0 Å². The molecule has 0 fully saturated rings. The van der Waals surface area contributed by atoms with Crippen LogP contribution in [0.5, 0.6) is 0 Å². The van der Waals surface area contributed by atoms with E-state index in [0.717, 1.165) is 12.1 Å². The Balaban J connectivity index is 2.31. The molecule has 0 amide bonds. The third kappa shape index (κ3) is 2.97. The van der Waals surface area contributed by atoms with Crippen molar-refractivity contribution >= 4 is 0 Å². The monoisotopic (exact) mass is 284 g/mol. The van der Waals surface area contributed by atoms with Crippen molar-refractivity contribution in [1.82, 2.24) is 5.43 Å². The molecule has 6 heteroatoms. The van der Waals surface area contributed by atoms with Crippen LogP contribution in [-0.2, 0) is 6.42 Å². The van der Waals surface area contributed by atoms with Gasteiger partial charge in [0.1, 0.15) is 5.82 Å². The van der Waals surface area contributed by atoms with Crippen molar-refractivity contribution in [2.24, 2.45) is 5.84 Å². The maximum atomic E-state index is 13.5. The predicted molar refractivity (Wildman–Crippen MR) is 66.5 cm³/mol. The van der Waals surface area contributed by atoms with E-state index in [1.165, 1.54) is 18.2 Å². The van der Waals surface area contributed by atoms with E-state index in [1.54, 1.807) is 6.07 Å². The van der Waals surface area contributed by atoms with E-state index in [9.17, 15) is 17.6 Å². The van der Waals surface area contributed by atoms with Gasteiger partial charge in [-0.1, -0.05) is 18.2 Å². The molecule has 0 aliphatic rings. The fourth-order valence-electron chi connectivity index (χ4n) is 1.93. The SMILES string of the molecule is NNC(Cc1ccccc1F)c1cc(F)c(F)c(F)c1. The Bertz CT molecular complexity index is 593. The lowest BCUT2D eigenvalue weighted by Crippen LogP contribution is -2.30. The van der Waals surface area contributed by atoms with Crippen LogP contribution in [0.3, 0.4) is 0 Å². The second kappa shape index (κ2) is 6.02. The number of benzene rings is 2. The summed E-state index contributed by atoms with van der Waals surface area (Å²) in [5.74, 6) is 0.713. The van der Waals surface area contributed by atoms with E-state index < -0.39 is 29.3 Å². The number of halogens is 4. The molecule has 2 aromatic carbocycles. The molecule has 2 rings (SSSR count). The molecule has 3 N–H and O–H groups in total. The van der Waals surface area contributed by atoms with E-state index in [4.69, 9.17) is 5.84 Å². The number of hydrogen-bond donors (Lipinski definition) is 2. The molecular formula is C14H12F4N2. The van der Waals surface area contributed by atoms with Crippen LogP contribution in [0, 0.1) is 23.3 Å². The Labute approximate surface area is 113 Å². The van der Waals surface area contributed by atoms with Crippen LogP contribution in [-0.4, -0.2) is 0 Å². The fraction of sp³-hybridized carbons (Fsp3) is 0.143. The van der Waals surface area contributed by atoms with Crippen LogP contribution >= 0.6 is 0 Å². The lowest BCUT2D eigenvalue weighted by atomic mass is 9.98. The maximum Gasteiger partial charge on any atom is 0.194 e. The molecule has 1 atom stereocenters. The van der Waals surface area contributed by atoms with Crippen molar-refractivity contribution in [2.75, 3.05) is 0 Å². The number of hydrogen-bond acceptors (Lipinski definition) is 2. The Morgan fingerprint density at radius 3 is 2.10 bits per heavy atom. The Hall–Kier alpha value is -1.92. The Morgan fingerprint density at radius 1 is 0.950 bits per heavy atom. The largest absolute Gasteiger partial charge is 0.271 e. The molecule has 1 unspecified atom stereocenters. The molecule has 0 bridgehead atoms. The van der Waals surface area contributed by atoms with Crippen molar-refractivity contribution in [1.29, 1.82) is 0 Å². The van der Waals surface area contributed by atoms with Gasteiger partial charge in [0.2, 0.25) is 0 Å². The molecule has 0 aromatic heterocycles. The zero-order valence-corrected chi connectivity index (χ0v) is 10.3. The third-order valence-corrected chi connectivity index (χ3v) is 2.99. The average Bonchev–Trinajstić information content (AvgIpc) is 2.43. The van der Waals surface area contributed by atoms with Gasteiger partial charge in [-0.3, -0.25) is 11.3 Å². The molecule has 0 radical (unpaired) electrons. The highest BCUT2D eigenvalue weighted by Crippen LogP contribution is 2.23. The van der Waals surface area contributed by atoms with Gasteiger partial charge in [-0.05, 0) is 35.7 Å². The molecule has 0 heterocycles. The zero-order valence-electron chi connectivity index (χ0n) is 10.3.